The number of primary amides is 1. The van der Waals surface area contributed by atoms with Crippen molar-refractivity contribution in [2.24, 2.45) is 5.73 Å². The van der Waals surface area contributed by atoms with Crippen molar-refractivity contribution in [3.63, 3.8) is 0 Å². The van der Waals surface area contributed by atoms with E-state index in [1.165, 1.54) is 29.5 Å². The van der Waals surface area contributed by atoms with Crippen LogP contribution in [-0.4, -0.2) is 10.9 Å². The van der Waals surface area contributed by atoms with Gasteiger partial charge in [-0.3, -0.25) is 4.79 Å². The molecule has 1 aromatic carbocycles. The van der Waals surface area contributed by atoms with Crippen LogP contribution in [0.5, 0.6) is 0 Å². The fraction of sp³-hybridized carbons (Fsp3) is 0. The minimum atomic E-state index is -0.793. The molecule has 0 fully saturated rings. The zero-order valence-corrected chi connectivity index (χ0v) is 10.4. The number of aromatic nitrogens is 1. The molecule has 1 aromatic heterocycles. The van der Waals surface area contributed by atoms with Crippen molar-refractivity contribution in [1.82, 2.24) is 4.98 Å². The molecule has 0 aliphatic carbocycles. The Morgan fingerprint density at radius 3 is 2.68 bits per heavy atom. The highest BCUT2D eigenvalue weighted by Crippen LogP contribution is 2.24. The number of nitrogens with two attached hydrogens (primary N) is 1. The van der Waals surface area contributed by atoms with E-state index in [1.54, 1.807) is 23.6 Å². The van der Waals surface area contributed by atoms with Crippen molar-refractivity contribution in [3.8, 4) is 16.6 Å². The Balaban J connectivity index is 2.32. The number of thiazole rings is 1. The number of carbonyl (C=O) groups is 1. The predicted molar refractivity (Wildman–Crippen MR) is 70.3 cm³/mol. The molecule has 0 aliphatic rings. The third-order valence-corrected chi connectivity index (χ3v) is 3.20. The molecule has 2 rings (SSSR count). The van der Waals surface area contributed by atoms with E-state index < -0.39 is 5.91 Å². The lowest BCUT2D eigenvalue weighted by atomic mass is 10.2. The van der Waals surface area contributed by atoms with Crippen molar-refractivity contribution in [1.29, 1.82) is 5.26 Å². The van der Waals surface area contributed by atoms with Crippen LogP contribution in [-0.2, 0) is 4.79 Å². The van der Waals surface area contributed by atoms with Gasteiger partial charge in [0.25, 0.3) is 5.91 Å². The van der Waals surface area contributed by atoms with E-state index in [-0.39, 0.29) is 11.4 Å². The van der Waals surface area contributed by atoms with Crippen molar-refractivity contribution in [2.75, 3.05) is 0 Å². The Morgan fingerprint density at radius 2 is 2.11 bits per heavy atom. The van der Waals surface area contributed by atoms with Gasteiger partial charge in [-0.25, -0.2) is 9.37 Å². The first kappa shape index (κ1) is 12.9. The van der Waals surface area contributed by atoms with Gasteiger partial charge in [-0.2, -0.15) is 5.26 Å². The summed E-state index contributed by atoms with van der Waals surface area (Å²) >= 11 is 1.33. The molecule has 0 saturated heterocycles. The number of nitrogens with zero attached hydrogens (tertiary/aromatic N) is 2. The van der Waals surface area contributed by atoms with E-state index in [2.05, 4.69) is 4.98 Å². The topological polar surface area (TPSA) is 79.8 Å². The SMILES string of the molecule is N#CC(=Cc1csc(-c2ccc(F)cc2)n1)C(N)=O. The molecule has 0 atom stereocenters. The van der Waals surface area contributed by atoms with E-state index in [9.17, 15) is 9.18 Å². The van der Waals surface area contributed by atoms with E-state index in [0.29, 0.717) is 10.7 Å². The summed E-state index contributed by atoms with van der Waals surface area (Å²) in [6, 6.07) is 7.62. The monoisotopic (exact) mass is 273 g/mol. The summed E-state index contributed by atoms with van der Waals surface area (Å²) in [4.78, 5) is 15.2. The zero-order valence-electron chi connectivity index (χ0n) is 9.63. The molecular weight excluding hydrogens is 265 g/mol. The maximum absolute atomic E-state index is 12.8. The summed E-state index contributed by atoms with van der Waals surface area (Å²) in [5.74, 6) is -1.11. The molecule has 19 heavy (non-hydrogen) atoms. The quantitative estimate of drug-likeness (QED) is 0.688. The van der Waals surface area contributed by atoms with Crippen LogP contribution in [0, 0.1) is 17.1 Å². The van der Waals surface area contributed by atoms with Crippen LogP contribution in [0.4, 0.5) is 4.39 Å². The van der Waals surface area contributed by atoms with Crippen LogP contribution in [0.15, 0.2) is 35.2 Å². The first-order valence-electron chi connectivity index (χ1n) is 5.23. The average Bonchev–Trinajstić information content (AvgIpc) is 2.85. The van der Waals surface area contributed by atoms with Gasteiger partial charge in [-0.1, -0.05) is 0 Å². The smallest absolute Gasteiger partial charge is 0.259 e. The Kier molecular flexibility index (Phi) is 3.68. The van der Waals surface area contributed by atoms with E-state index in [0.717, 1.165) is 5.56 Å². The van der Waals surface area contributed by atoms with E-state index in [1.807, 2.05) is 0 Å². The highest BCUT2D eigenvalue weighted by atomic mass is 32.1. The fourth-order valence-electron chi connectivity index (χ4n) is 1.38. The van der Waals surface area contributed by atoms with Gasteiger partial charge in [0.15, 0.2) is 0 Å². The van der Waals surface area contributed by atoms with Crippen LogP contribution in [0.3, 0.4) is 0 Å². The molecule has 0 aliphatic heterocycles. The van der Waals surface area contributed by atoms with E-state index in [4.69, 9.17) is 11.0 Å². The highest BCUT2D eigenvalue weighted by Gasteiger charge is 2.07. The minimum absolute atomic E-state index is 0.157. The Morgan fingerprint density at radius 1 is 1.42 bits per heavy atom. The van der Waals surface area contributed by atoms with Crippen molar-refractivity contribution in [2.45, 2.75) is 0 Å². The second kappa shape index (κ2) is 5.42. The van der Waals surface area contributed by atoms with Gasteiger partial charge in [-0.05, 0) is 30.3 Å². The molecule has 0 unspecified atom stereocenters. The maximum atomic E-state index is 12.8. The lowest BCUT2D eigenvalue weighted by Crippen LogP contribution is -2.12. The first-order chi connectivity index (χ1) is 9.10. The van der Waals surface area contributed by atoms with Crippen LogP contribution in [0.1, 0.15) is 5.69 Å². The van der Waals surface area contributed by atoms with Crippen molar-refractivity contribution in [3.05, 3.63) is 46.7 Å². The number of carbonyl (C=O) groups excluding carboxylic acids is 1. The van der Waals surface area contributed by atoms with Gasteiger partial charge < -0.3 is 5.73 Å². The summed E-state index contributed by atoms with van der Waals surface area (Å²) < 4.78 is 12.8. The van der Waals surface area contributed by atoms with Crippen molar-refractivity contribution >= 4 is 23.3 Å². The molecule has 6 heteroatoms. The van der Waals surface area contributed by atoms with Crippen LogP contribution >= 0.6 is 11.3 Å². The second-order valence-corrected chi connectivity index (χ2v) is 4.48. The van der Waals surface area contributed by atoms with Gasteiger partial charge in [-0.15, -0.1) is 11.3 Å². The molecule has 0 radical (unpaired) electrons. The fourth-order valence-corrected chi connectivity index (χ4v) is 2.17. The number of hydrogen-bond donors (Lipinski definition) is 1. The molecular formula is C13H8FN3OS. The molecule has 0 bridgehead atoms. The van der Waals surface area contributed by atoms with Crippen molar-refractivity contribution < 1.29 is 9.18 Å². The van der Waals surface area contributed by atoms with Crippen LogP contribution < -0.4 is 5.73 Å². The minimum Gasteiger partial charge on any atom is -0.365 e. The molecule has 1 amide bonds. The largest absolute Gasteiger partial charge is 0.365 e. The summed E-state index contributed by atoms with van der Waals surface area (Å²) in [6.45, 7) is 0. The van der Waals surface area contributed by atoms with Gasteiger partial charge in [0.05, 0.1) is 5.69 Å². The number of amides is 1. The van der Waals surface area contributed by atoms with Gasteiger partial charge in [0.1, 0.15) is 22.5 Å². The molecule has 94 valence electrons. The summed E-state index contributed by atoms with van der Waals surface area (Å²) in [7, 11) is 0. The Bertz CT molecular complexity index is 683. The van der Waals surface area contributed by atoms with Crippen LogP contribution in [0.25, 0.3) is 16.6 Å². The number of halogens is 1. The Labute approximate surface area is 112 Å². The normalized spacial score (nSPS) is 11.1. The molecule has 2 aromatic rings. The highest BCUT2D eigenvalue weighted by molar-refractivity contribution is 7.13. The number of nitriles is 1. The average molecular weight is 273 g/mol. The third-order valence-electron chi connectivity index (χ3n) is 2.29. The van der Waals surface area contributed by atoms with Gasteiger partial charge >= 0.3 is 0 Å². The third kappa shape index (κ3) is 3.03. The summed E-state index contributed by atoms with van der Waals surface area (Å²) in [6.07, 6.45) is 1.33. The second-order valence-electron chi connectivity index (χ2n) is 3.62. The number of benzene rings is 1. The first-order valence-corrected chi connectivity index (χ1v) is 6.11. The summed E-state index contributed by atoms with van der Waals surface area (Å²) in [5.41, 5.74) is 6.12. The molecule has 4 nitrogen and oxygen atoms in total. The Hall–Kier alpha value is -2.52. The number of hydrogen-bond acceptors (Lipinski definition) is 4. The van der Waals surface area contributed by atoms with Gasteiger partial charge in [0.2, 0.25) is 0 Å². The van der Waals surface area contributed by atoms with Gasteiger partial charge in [0, 0.05) is 10.9 Å². The molecule has 1 heterocycles. The van der Waals surface area contributed by atoms with E-state index >= 15 is 0 Å². The summed E-state index contributed by atoms with van der Waals surface area (Å²) in [5, 5.41) is 11.1. The lowest BCUT2D eigenvalue weighted by Gasteiger charge is -1.94. The molecule has 0 spiro atoms. The predicted octanol–water partition coefficient (Wildman–Crippen LogP) is 2.34. The van der Waals surface area contributed by atoms with Crippen LogP contribution in [0.2, 0.25) is 0 Å². The molecule has 2 N–H and O–H groups in total. The lowest BCUT2D eigenvalue weighted by molar-refractivity contribution is -0.114. The maximum Gasteiger partial charge on any atom is 0.259 e. The standard InChI is InChI=1S/C13H8FN3OS/c14-10-3-1-8(2-4-10)13-17-11(7-19-13)5-9(6-15)12(16)18/h1-5,7H,(H2,16,18). The number of rotatable bonds is 3. The molecule has 0 saturated carbocycles. The zero-order chi connectivity index (χ0) is 13.8.